The van der Waals surface area contributed by atoms with Crippen LogP contribution in [0.25, 0.3) is 0 Å². The summed E-state index contributed by atoms with van der Waals surface area (Å²) in [6.07, 6.45) is 6.07. The van der Waals surface area contributed by atoms with Crippen molar-refractivity contribution in [2.75, 3.05) is 26.2 Å². The molecule has 1 N–H and O–H groups in total. The minimum absolute atomic E-state index is 0.330. The van der Waals surface area contributed by atoms with Crippen molar-refractivity contribution in [3.63, 3.8) is 0 Å². The standard InChI is InChI=1S/C19H26F2N2O/c20-18(21)24-17-4-2-1-3-16(17)14-6-9-23(10-7-14)15-5-8-19(11-15)12-22-13-19/h1-4,14-15,18,22H,5-13H2. The predicted octanol–water partition coefficient (Wildman–Crippen LogP) is 3.61. The maximum atomic E-state index is 12.6. The van der Waals surface area contributed by atoms with E-state index >= 15 is 0 Å². The molecule has 0 amide bonds. The molecule has 1 atom stereocenters. The summed E-state index contributed by atoms with van der Waals surface area (Å²) in [7, 11) is 0. The van der Waals surface area contributed by atoms with Crippen LogP contribution in [0.4, 0.5) is 8.78 Å². The van der Waals surface area contributed by atoms with Crippen LogP contribution < -0.4 is 10.1 Å². The van der Waals surface area contributed by atoms with Crippen molar-refractivity contribution in [1.82, 2.24) is 10.2 Å². The van der Waals surface area contributed by atoms with Crippen molar-refractivity contribution in [1.29, 1.82) is 0 Å². The van der Waals surface area contributed by atoms with Crippen LogP contribution in [-0.2, 0) is 0 Å². The van der Waals surface area contributed by atoms with Gasteiger partial charge in [-0.25, -0.2) is 0 Å². The predicted molar refractivity (Wildman–Crippen MR) is 89.6 cm³/mol. The summed E-state index contributed by atoms with van der Waals surface area (Å²) in [4.78, 5) is 2.64. The SMILES string of the molecule is FC(F)Oc1ccccc1C1CCN(C2CCC3(CNC3)C2)CC1. The molecule has 5 heteroatoms. The van der Waals surface area contributed by atoms with Gasteiger partial charge in [0.1, 0.15) is 5.75 Å². The van der Waals surface area contributed by atoms with E-state index in [1.54, 1.807) is 12.1 Å². The molecule has 1 spiro atoms. The minimum Gasteiger partial charge on any atom is -0.435 e. The van der Waals surface area contributed by atoms with Crippen LogP contribution in [-0.4, -0.2) is 43.7 Å². The highest BCUT2D eigenvalue weighted by atomic mass is 19.3. The highest BCUT2D eigenvalue weighted by molar-refractivity contribution is 5.36. The molecule has 0 aromatic heterocycles. The number of benzene rings is 1. The van der Waals surface area contributed by atoms with Gasteiger partial charge in [-0.15, -0.1) is 0 Å². The Morgan fingerprint density at radius 3 is 2.50 bits per heavy atom. The lowest BCUT2D eigenvalue weighted by Gasteiger charge is -2.41. The van der Waals surface area contributed by atoms with Crippen LogP contribution in [0.1, 0.15) is 43.6 Å². The van der Waals surface area contributed by atoms with Crippen LogP contribution in [0.3, 0.4) is 0 Å². The van der Waals surface area contributed by atoms with Crippen LogP contribution in [0.15, 0.2) is 24.3 Å². The number of likely N-dealkylation sites (tertiary alicyclic amines) is 1. The van der Waals surface area contributed by atoms with E-state index in [9.17, 15) is 8.78 Å². The lowest BCUT2D eigenvalue weighted by atomic mass is 9.80. The van der Waals surface area contributed by atoms with Crippen molar-refractivity contribution < 1.29 is 13.5 Å². The second-order valence-electron chi connectivity index (χ2n) is 7.73. The summed E-state index contributed by atoms with van der Waals surface area (Å²) in [5, 5.41) is 3.42. The first-order valence-electron chi connectivity index (χ1n) is 9.14. The summed E-state index contributed by atoms with van der Waals surface area (Å²) in [5.74, 6) is 0.684. The van der Waals surface area contributed by atoms with E-state index in [1.807, 2.05) is 12.1 Å². The zero-order valence-corrected chi connectivity index (χ0v) is 14.0. The molecule has 132 valence electrons. The number of hydrogen-bond acceptors (Lipinski definition) is 3. The van der Waals surface area contributed by atoms with Gasteiger partial charge in [0.25, 0.3) is 0 Å². The molecule has 0 bridgehead atoms. The molecule has 1 unspecified atom stereocenters. The summed E-state index contributed by atoms with van der Waals surface area (Å²) >= 11 is 0. The normalized spacial score (nSPS) is 27.5. The van der Waals surface area contributed by atoms with Crippen LogP contribution in [0, 0.1) is 5.41 Å². The number of para-hydroxylation sites is 1. The summed E-state index contributed by atoms with van der Waals surface area (Å²) in [5.41, 5.74) is 1.53. The average Bonchev–Trinajstić information content (AvgIpc) is 3.01. The molecule has 24 heavy (non-hydrogen) atoms. The number of alkyl halides is 2. The van der Waals surface area contributed by atoms with Crippen LogP contribution >= 0.6 is 0 Å². The fourth-order valence-electron chi connectivity index (χ4n) is 4.88. The Morgan fingerprint density at radius 2 is 1.88 bits per heavy atom. The topological polar surface area (TPSA) is 24.5 Å². The second kappa shape index (κ2) is 6.60. The summed E-state index contributed by atoms with van der Waals surface area (Å²) in [6.45, 7) is 1.78. The maximum absolute atomic E-state index is 12.6. The number of halogens is 2. The van der Waals surface area contributed by atoms with Crippen molar-refractivity contribution in [2.24, 2.45) is 5.41 Å². The average molecular weight is 336 g/mol. The lowest BCUT2D eigenvalue weighted by molar-refractivity contribution is -0.0508. The third-order valence-corrected chi connectivity index (χ3v) is 6.30. The van der Waals surface area contributed by atoms with E-state index in [2.05, 4.69) is 10.2 Å². The molecular formula is C19H26F2N2O. The molecule has 1 saturated carbocycles. The van der Waals surface area contributed by atoms with Crippen molar-refractivity contribution in [3.8, 4) is 5.75 Å². The number of hydrogen-bond donors (Lipinski definition) is 1. The Kier molecular flexibility index (Phi) is 4.48. The van der Waals surface area contributed by atoms with Crippen molar-refractivity contribution >= 4 is 0 Å². The fraction of sp³-hybridized carbons (Fsp3) is 0.684. The Balaban J connectivity index is 1.36. The van der Waals surface area contributed by atoms with Gasteiger partial charge in [-0.3, -0.25) is 0 Å². The summed E-state index contributed by atoms with van der Waals surface area (Å²) in [6, 6.07) is 8.02. The molecule has 3 aliphatic rings. The Morgan fingerprint density at radius 1 is 1.12 bits per heavy atom. The Bertz CT molecular complexity index is 568. The fourth-order valence-corrected chi connectivity index (χ4v) is 4.88. The second-order valence-corrected chi connectivity index (χ2v) is 7.73. The van der Waals surface area contributed by atoms with Gasteiger partial charge >= 0.3 is 6.61 Å². The third-order valence-electron chi connectivity index (χ3n) is 6.30. The van der Waals surface area contributed by atoms with Crippen molar-refractivity contribution in [3.05, 3.63) is 29.8 Å². The minimum atomic E-state index is -2.75. The molecule has 0 radical (unpaired) electrons. The summed E-state index contributed by atoms with van der Waals surface area (Å²) < 4.78 is 29.9. The number of ether oxygens (including phenoxy) is 1. The monoisotopic (exact) mass is 336 g/mol. The first kappa shape index (κ1) is 16.3. The molecule has 3 nitrogen and oxygen atoms in total. The number of rotatable bonds is 4. The van der Waals surface area contributed by atoms with Crippen LogP contribution in [0.5, 0.6) is 5.75 Å². The number of nitrogens with one attached hydrogen (secondary N) is 1. The molecule has 1 aliphatic carbocycles. The largest absolute Gasteiger partial charge is 0.435 e. The number of nitrogens with zero attached hydrogens (tertiary/aromatic N) is 1. The first-order valence-corrected chi connectivity index (χ1v) is 9.14. The van der Waals surface area contributed by atoms with Gasteiger partial charge in [0, 0.05) is 19.1 Å². The molecule has 2 aliphatic heterocycles. The van der Waals surface area contributed by atoms with E-state index in [0.29, 0.717) is 17.1 Å². The highest BCUT2D eigenvalue weighted by Crippen LogP contribution is 2.44. The van der Waals surface area contributed by atoms with E-state index < -0.39 is 6.61 Å². The van der Waals surface area contributed by atoms with E-state index in [1.165, 1.54) is 32.4 Å². The number of piperidine rings is 1. The zero-order chi connectivity index (χ0) is 16.6. The van der Waals surface area contributed by atoms with Gasteiger partial charge in [0.2, 0.25) is 0 Å². The maximum Gasteiger partial charge on any atom is 0.387 e. The van der Waals surface area contributed by atoms with Gasteiger partial charge in [-0.2, -0.15) is 8.78 Å². The van der Waals surface area contributed by atoms with Gasteiger partial charge in [-0.05, 0) is 68.2 Å². The third kappa shape index (κ3) is 3.16. The molecule has 4 rings (SSSR count). The molecule has 3 fully saturated rings. The van der Waals surface area contributed by atoms with Gasteiger partial charge in [0.15, 0.2) is 0 Å². The Labute approximate surface area is 142 Å². The van der Waals surface area contributed by atoms with Gasteiger partial charge in [0.05, 0.1) is 0 Å². The van der Waals surface area contributed by atoms with Crippen molar-refractivity contribution in [2.45, 2.75) is 50.7 Å². The molecule has 2 saturated heterocycles. The van der Waals surface area contributed by atoms with E-state index in [0.717, 1.165) is 37.5 Å². The molecule has 1 aromatic carbocycles. The molecular weight excluding hydrogens is 310 g/mol. The highest BCUT2D eigenvalue weighted by Gasteiger charge is 2.45. The van der Waals surface area contributed by atoms with Gasteiger partial charge < -0.3 is 15.0 Å². The first-order chi connectivity index (χ1) is 11.7. The Hall–Kier alpha value is -1.20. The van der Waals surface area contributed by atoms with E-state index in [4.69, 9.17) is 4.74 Å². The zero-order valence-electron chi connectivity index (χ0n) is 14.0. The van der Waals surface area contributed by atoms with Crippen LogP contribution in [0.2, 0.25) is 0 Å². The molecule has 2 heterocycles. The smallest absolute Gasteiger partial charge is 0.387 e. The van der Waals surface area contributed by atoms with Gasteiger partial charge in [-0.1, -0.05) is 18.2 Å². The van der Waals surface area contributed by atoms with E-state index in [-0.39, 0.29) is 0 Å². The molecule has 1 aromatic rings. The lowest BCUT2D eigenvalue weighted by Crippen LogP contribution is -2.52. The quantitative estimate of drug-likeness (QED) is 0.909.